The number of thiocarbonyl (C=S) groups is 1. The van der Waals surface area contributed by atoms with E-state index in [1.165, 1.54) is 23.2 Å². The van der Waals surface area contributed by atoms with Gasteiger partial charge in [0, 0.05) is 11.8 Å². The summed E-state index contributed by atoms with van der Waals surface area (Å²) >= 11 is 5.47. The van der Waals surface area contributed by atoms with Crippen LogP contribution in [0.25, 0.3) is 6.08 Å². The van der Waals surface area contributed by atoms with Crippen molar-refractivity contribution in [3.05, 3.63) is 83.6 Å². The zero-order valence-corrected chi connectivity index (χ0v) is 17.9. The van der Waals surface area contributed by atoms with Gasteiger partial charge in [-0.15, -0.1) is 0 Å². The van der Waals surface area contributed by atoms with Crippen molar-refractivity contribution < 1.29 is 19.1 Å². The predicted molar refractivity (Wildman–Crippen MR) is 122 cm³/mol. The second-order valence-electron chi connectivity index (χ2n) is 6.39. The van der Waals surface area contributed by atoms with Crippen molar-refractivity contribution in [2.75, 3.05) is 14.2 Å². The lowest BCUT2D eigenvalue weighted by molar-refractivity contribution is -0.135. The van der Waals surface area contributed by atoms with Gasteiger partial charge in [-0.2, -0.15) is 5.10 Å². The van der Waals surface area contributed by atoms with E-state index < -0.39 is 11.9 Å². The quantitative estimate of drug-likeness (QED) is 0.287. The third kappa shape index (κ3) is 5.23. The minimum absolute atomic E-state index is 0.0229. The summed E-state index contributed by atoms with van der Waals surface area (Å²) in [6.45, 7) is 0.264. The normalized spacial score (nSPS) is 15.5. The van der Waals surface area contributed by atoms with E-state index in [9.17, 15) is 9.59 Å². The van der Waals surface area contributed by atoms with Crippen LogP contribution in [0.4, 0.5) is 0 Å². The molecule has 1 aliphatic heterocycles. The third-order valence-corrected chi connectivity index (χ3v) is 4.82. The Morgan fingerprint density at radius 3 is 2.52 bits per heavy atom. The molecular weight excluding hydrogens is 414 g/mol. The maximum atomic E-state index is 12.9. The molecule has 158 valence electrons. The van der Waals surface area contributed by atoms with Crippen molar-refractivity contribution in [2.24, 2.45) is 5.10 Å². The van der Waals surface area contributed by atoms with Crippen LogP contribution in [0.2, 0.25) is 0 Å². The molecule has 0 unspecified atom stereocenters. The molecule has 0 saturated carbocycles. The van der Waals surface area contributed by atoms with Gasteiger partial charge in [0.25, 0.3) is 5.91 Å². The maximum Gasteiger partial charge on any atom is 0.332 e. The fourth-order valence-corrected chi connectivity index (χ4v) is 3.19. The summed E-state index contributed by atoms with van der Waals surface area (Å²) in [6, 6.07) is 17.0. The summed E-state index contributed by atoms with van der Waals surface area (Å²) in [4.78, 5) is 26.1. The molecule has 3 rings (SSSR count). The van der Waals surface area contributed by atoms with Gasteiger partial charge in [0.15, 0.2) is 0 Å². The van der Waals surface area contributed by atoms with Gasteiger partial charge in [-0.1, -0.05) is 48.5 Å². The van der Waals surface area contributed by atoms with E-state index in [1.54, 1.807) is 13.2 Å². The highest BCUT2D eigenvalue weighted by atomic mass is 32.1. The second kappa shape index (κ2) is 10.3. The Hall–Kier alpha value is -3.78. The number of nitrogens with zero attached hydrogens (tertiary/aromatic N) is 3. The first-order valence-corrected chi connectivity index (χ1v) is 9.79. The monoisotopic (exact) mass is 435 g/mol. The van der Waals surface area contributed by atoms with E-state index in [1.807, 2.05) is 60.7 Å². The zero-order chi connectivity index (χ0) is 22.2. The van der Waals surface area contributed by atoms with Crippen molar-refractivity contribution in [3.8, 4) is 5.75 Å². The standard InChI is InChI=1S/C23H21N3O4S/c1-29-20-13-7-6-11-18(20)12-8-14-24-26-19(15-21(27)30-2)22(28)25(23(26)31)16-17-9-4-3-5-10-17/h3-15H,16H2,1-2H3/b12-8+,19-15+,24-14+. The molecule has 0 aliphatic carbocycles. The lowest BCUT2D eigenvalue weighted by Crippen LogP contribution is -2.30. The highest BCUT2D eigenvalue weighted by molar-refractivity contribution is 7.80. The predicted octanol–water partition coefficient (Wildman–Crippen LogP) is 3.38. The molecule has 8 heteroatoms. The highest BCUT2D eigenvalue weighted by Gasteiger charge is 2.38. The second-order valence-corrected chi connectivity index (χ2v) is 6.75. The minimum atomic E-state index is -0.669. The van der Waals surface area contributed by atoms with Gasteiger partial charge >= 0.3 is 5.97 Å². The van der Waals surface area contributed by atoms with Gasteiger partial charge in [-0.25, -0.2) is 9.80 Å². The van der Waals surface area contributed by atoms with Gasteiger partial charge in [0.2, 0.25) is 5.11 Å². The van der Waals surface area contributed by atoms with Crippen LogP contribution in [0.3, 0.4) is 0 Å². The van der Waals surface area contributed by atoms with Crippen LogP contribution in [0.1, 0.15) is 11.1 Å². The van der Waals surface area contributed by atoms with Gasteiger partial charge in [-0.3, -0.25) is 9.69 Å². The van der Waals surface area contributed by atoms with E-state index in [2.05, 4.69) is 9.84 Å². The summed E-state index contributed by atoms with van der Waals surface area (Å²) in [5, 5.41) is 5.71. The van der Waals surface area contributed by atoms with Crippen LogP contribution >= 0.6 is 12.2 Å². The molecule has 0 spiro atoms. The number of para-hydroxylation sites is 1. The number of hydrogen-bond acceptors (Lipinski definition) is 6. The van der Waals surface area contributed by atoms with Crippen molar-refractivity contribution in [1.82, 2.24) is 9.91 Å². The van der Waals surface area contributed by atoms with Crippen LogP contribution < -0.4 is 4.74 Å². The Kier molecular flexibility index (Phi) is 7.29. The van der Waals surface area contributed by atoms with Crippen LogP contribution in [0.15, 0.2) is 77.5 Å². The first kappa shape index (κ1) is 21.9. The summed E-state index contributed by atoms with van der Waals surface area (Å²) in [6.07, 6.45) is 6.08. The average Bonchev–Trinajstić information content (AvgIpc) is 3.01. The van der Waals surface area contributed by atoms with Crippen molar-refractivity contribution in [1.29, 1.82) is 0 Å². The number of rotatable bonds is 7. The molecule has 1 aliphatic rings. The summed E-state index contributed by atoms with van der Waals surface area (Å²) in [5.74, 6) is -0.373. The van der Waals surface area contributed by atoms with E-state index >= 15 is 0 Å². The number of hydrazone groups is 1. The Balaban J connectivity index is 1.84. The average molecular weight is 436 g/mol. The van der Waals surface area contributed by atoms with Gasteiger partial charge < -0.3 is 9.47 Å². The summed E-state index contributed by atoms with van der Waals surface area (Å²) < 4.78 is 9.98. The molecule has 1 fully saturated rings. The van der Waals surface area contributed by atoms with Crippen LogP contribution in [-0.4, -0.2) is 47.3 Å². The minimum Gasteiger partial charge on any atom is -0.496 e. The van der Waals surface area contributed by atoms with Crippen LogP contribution in [0.5, 0.6) is 5.75 Å². The van der Waals surface area contributed by atoms with Gasteiger partial charge in [-0.05, 0) is 36.0 Å². The molecule has 7 nitrogen and oxygen atoms in total. The number of amides is 1. The zero-order valence-electron chi connectivity index (χ0n) is 17.1. The lowest BCUT2D eigenvalue weighted by atomic mass is 10.2. The number of carbonyl (C=O) groups is 2. The molecule has 0 bridgehead atoms. The number of methoxy groups -OCH3 is 2. The first-order valence-electron chi connectivity index (χ1n) is 9.38. The third-order valence-electron chi connectivity index (χ3n) is 4.43. The molecule has 0 aromatic heterocycles. The molecule has 1 saturated heterocycles. The van der Waals surface area contributed by atoms with Crippen LogP contribution in [-0.2, 0) is 20.9 Å². The Morgan fingerprint density at radius 1 is 1.10 bits per heavy atom. The van der Waals surface area contributed by atoms with Crippen LogP contribution in [0, 0.1) is 0 Å². The SMILES string of the molecule is COC(=O)/C=C1\C(=O)N(Cc2ccccc2)C(=S)N1/N=C/C=C/c1ccccc1OC. The number of ether oxygens (including phenoxy) is 2. The number of hydrogen-bond donors (Lipinski definition) is 0. The fraction of sp³-hybridized carbons (Fsp3) is 0.130. The molecule has 0 N–H and O–H groups in total. The number of carbonyl (C=O) groups excluding carboxylic acids is 2. The number of benzene rings is 2. The lowest BCUT2D eigenvalue weighted by Gasteiger charge is -2.16. The van der Waals surface area contributed by atoms with Gasteiger partial charge in [0.05, 0.1) is 26.8 Å². The van der Waals surface area contributed by atoms with Gasteiger partial charge in [0.1, 0.15) is 11.4 Å². The fourth-order valence-electron chi connectivity index (χ4n) is 2.90. The highest BCUT2D eigenvalue weighted by Crippen LogP contribution is 2.24. The molecule has 1 heterocycles. The largest absolute Gasteiger partial charge is 0.496 e. The molecule has 2 aromatic carbocycles. The molecule has 0 radical (unpaired) electrons. The smallest absolute Gasteiger partial charge is 0.332 e. The van der Waals surface area contributed by atoms with E-state index in [4.69, 9.17) is 17.0 Å². The topological polar surface area (TPSA) is 71.4 Å². The van der Waals surface area contributed by atoms with E-state index in [0.29, 0.717) is 0 Å². The Bertz CT molecular complexity index is 1060. The molecule has 2 aromatic rings. The first-order chi connectivity index (χ1) is 15.0. The van der Waals surface area contributed by atoms with E-state index in [0.717, 1.165) is 23.0 Å². The van der Waals surface area contributed by atoms with E-state index in [-0.39, 0.29) is 17.4 Å². The number of esters is 1. The summed E-state index contributed by atoms with van der Waals surface area (Å²) in [7, 11) is 2.84. The Morgan fingerprint density at radius 2 is 1.81 bits per heavy atom. The summed E-state index contributed by atoms with van der Waals surface area (Å²) in [5.41, 5.74) is 1.79. The van der Waals surface area contributed by atoms with Crippen molar-refractivity contribution in [2.45, 2.75) is 6.54 Å². The Labute approximate surface area is 185 Å². The molecule has 31 heavy (non-hydrogen) atoms. The molecule has 0 atom stereocenters. The molecule has 1 amide bonds. The number of allylic oxidation sites excluding steroid dienone is 1. The van der Waals surface area contributed by atoms with Crippen molar-refractivity contribution >= 4 is 41.5 Å². The van der Waals surface area contributed by atoms with Crippen molar-refractivity contribution in [3.63, 3.8) is 0 Å². The maximum absolute atomic E-state index is 12.9. The molecular formula is C23H21N3O4S.